The summed E-state index contributed by atoms with van der Waals surface area (Å²) in [4.78, 5) is 33.7. The lowest BCUT2D eigenvalue weighted by Gasteiger charge is -2.58. The molecule has 0 saturated heterocycles. The first-order valence-electron chi connectivity index (χ1n) is 13.8. The lowest BCUT2D eigenvalue weighted by atomic mass is 9.47. The predicted octanol–water partition coefficient (Wildman–Crippen LogP) is 5.14. The number of carbonyl (C=O) groups is 2. The SMILES string of the molecule is CN(Cc1ccccc1)C(=O)C[C@@H]1c2nc(NC(=O)c3c(F)cccc3F)sc2C[C@@H]2[C@](C)(CO)[C@H](O)CC[C@]21C. The summed E-state index contributed by atoms with van der Waals surface area (Å²) in [5.74, 6) is -3.48. The van der Waals surface area contributed by atoms with E-state index in [4.69, 9.17) is 4.98 Å². The molecule has 1 fully saturated rings. The molecule has 7 nitrogen and oxygen atoms in total. The van der Waals surface area contributed by atoms with Crippen LogP contribution in [0.5, 0.6) is 0 Å². The molecule has 1 heterocycles. The number of benzene rings is 2. The Hall–Kier alpha value is -3.21. The molecule has 0 radical (unpaired) electrons. The summed E-state index contributed by atoms with van der Waals surface area (Å²) in [6, 6.07) is 12.9. The van der Waals surface area contributed by atoms with Crippen LogP contribution in [-0.4, -0.2) is 51.7 Å². The second-order valence-electron chi connectivity index (χ2n) is 11.9. The molecule has 0 spiro atoms. The van der Waals surface area contributed by atoms with Crippen LogP contribution in [0.2, 0.25) is 0 Å². The number of halogens is 2. The van der Waals surface area contributed by atoms with Gasteiger partial charge in [-0.15, -0.1) is 11.3 Å². The number of anilines is 1. The first-order chi connectivity index (χ1) is 19.5. The Morgan fingerprint density at radius 2 is 1.80 bits per heavy atom. The van der Waals surface area contributed by atoms with Gasteiger partial charge in [0.1, 0.15) is 17.2 Å². The Bertz CT molecular complexity index is 1430. The maximum absolute atomic E-state index is 14.3. The van der Waals surface area contributed by atoms with Crippen molar-refractivity contribution in [2.24, 2.45) is 16.7 Å². The van der Waals surface area contributed by atoms with Crippen LogP contribution in [0.3, 0.4) is 0 Å². The number of aliphatic hydroxyl groups is 2. The number of fused-ring (bicyclic) bond motifs is 2. The van der Waals surface area contributed by atoms with Gasteiger partial charge in [0.2, 0.25) is 5.91 Å². The molecule has 1 aromatic heterocycles. The maximum Gasteiger partial charge on any atom is 0.263 e. The van der Waals surface area contributed by atoms with Crippen molar-refractivity contribution in [3.8, 4) is 0 Å². The Morgan fingerprint density at radius 1 is 1.12 bits per heavy atom. The number of carbonyl (C=O) groups excluding carboxylic acids is 2. The molecule has 0 bridgehead atoms. The molecule has 218 valence electrons. The lowest BCUT2D eigenvalue weighted by Crippen LogP contribution is -2.57. The van der Waals surface area contributed by atoms with Crippen LogP contribution in [0.4, 0.5) is 13.9 Å². The molecule has 1 saturated carbocycles. The fourth-order valence-corrected chi connectivity index (χ4v) is 7.91. The number of rotatable bonds is 7. The van der Waals surface area contributed by atoms with Gasteiger partial charge in [0.05, 0.1) is 18.4 Å². The fraction of sp³-hybridized carbons (Fsp3) is 0.452. The standard InChI is InChI=1S/C31H35F2N3O4S/c1-30-13-12-24(38)31(2,17-37)23(30)15-22-27(19(30)14-25(39)36(3)16-18-8-5-4-6-9-18)34-29(41-22)35-28(40)26-20(32)10-7-11-21(26)33/h4-11,19,23-24,37-38H,12-17H2,1-3H3,(H,34,35,40)/t19-,23+,24-,30+,31+/m1/s1. The van der Waals surface area contributed by atoms with Gasteiger partial charge in [0.25, 0.3) is 5.91 Å². The zero-order valence-electron chi connectivity index (χ0n) is 23.4. The first-order valence-corrected chi connectivity index (χ1v) is 14.6. The van der Waals surface area contributed by atoms with E-state index in [1.54, 1.807) is 11.9 Å². The van der Waals surface area contributed by atoms with Gasteiger partial charge in [-0.05, 0) is 48.3 Å². The van der Waals surface area contributed by atoms with Crippen LogP contribution in [-0.2, 0) is 17.8 Å². The highest BCUT2D eigenvalue weighted by atomic mass is 32.1. The third-order valence-electron chi connectivity index (χ3n) is 9.37. The number of amides is 2. The quantitative estimate of drug-likeness (QED) is 0.358. The van der Waals surface area contributed by atoms with Crippen LogP contribution in [0.25, 0.3) is 0 Å². The van der Waals surface area contributed by atoms with E-state index in [9.17, 15) is 28.6 Å². The monoisotopic (exact) mass is 583 g/mol. The highest BCUT2D eigenvalue weighted by Crippen LogP contribution is 2.63. The van der Waals surface area contributed by atoms with Crippen molar-refractivity contribution in [1.82, 2.24) is 9.88 Å². The van der Waals surface area contributed by atoms with Crippen LogP contribution in [0.1, 0.15) is 65.5 Å². The Balaban J connectivity index is 1.49. The van der Waals surface area contributed by atoms with Gasteiger partial charge < -0.3 is 15.1 Å². The van der Waals surface area contributed by atoms with Crippen molar-refractivity contribution in [2.75, 3.05) is 19.0 Å². The molecule has 3 N–H and O–H groups in total. The zero-order valence-corrected chi connectivity index (χ0v) is 24.2. The van der Waals surface area contributed by atoms with Gasteiger partial charge >= 0.3 is 0 Å². The number of nitrogens with zero attached hydrogens (tertiary/aromatic N) is 2. The van der Waals surface area contributed by atoms with Gasteiger partial charge in [-0.1, -0.05) is 50.2 Å². The van der Waals surface area contributed by atoms with E-state index >= 15 is 0 Å². The van der Waals surface area contributed by atoms with E-state index in [1.165, 1.54) is 17.4 Å². The second kappa shape index (κ2) is 11.2. The van der Waals surface area contributed by atoms with Crippen molar-refractivity contribution in [3.05, 3.63) is 81.9 Å². The number of aliphatic hydroxyl groups excluding tert-OH is 2. The lowest BCUT2D eigenvalue weighted by molar-refractivity contribution is -0.147. The summed E-state index contributed by atoms with van der Waals surface area (Å²) < 4.78 is 28.5. The smallest absolute Gasteiger partial charge is 0.263 e. The minimum absolute atomic E-state index is 0.0736. The third-order valence-corrected chi connectivity index (χ3v) is 10.4. The molecule has 0 aliphatic heterocycles. The largest absolute Gasteiger partial charge is 0.396 e. The molecule has 2 aliphatic carbocycles. The van der Waals surface area contributed by atoms with Crippen LogP contribution in [0, 0.1) is 28.4 Å². The summed E-state index contributed by atoms with van der Waals surface area (Å²) in [6.07, 6.45) is 1.05. The molecule has 0 unspecified atom stereocenters. The predicted molar refractivity (Wildman–Crippen MR) is 152 cm³/mol. The summed E-state index contributed by atoms with van der Waals surface area (Å²) in [5, 5.41) is 24.2. The second-order valence-corrected chi connectivity index (χ2v) is 12.9. The normalized spacial score (nSPS) is 27.0. The Labute approximate surface area is 242 Å². The number of nitrogens with one attached hydrogen (secondary N) is 1. The summed E-state index contributed by atoms with van der Waals surface area (Å²) >= 11 is 1.20. The molecule has 2 aromatic carbocycles. The molecule has 10 heteroatoms. The fourth-order valence-electron chi connectivity index (χ4n) is 6.85. The minimum Gasteiger partial charge on any atom is -0.396 e. The van der Waals surface area contributed by atoms with Crippen molar-refractivity contribution in [3.63, 3.8) is 0 Å². The zero-order chi connectivity index (χ0) is 29.5. The average molecular weight is 584 g/mol. The molecule has 3 aromatic rings. The van der Waals surface area contributed by atoms with E-state index < -0.39 is 40.0 Å². The topological polar surface area (TPSA) is 103 Å². The molecule has 5 rings (SSSR count). The van der Waals surface area contributed by atoms with Crippen molar-refractivity contribution in [2.45, 2.75) is 58.1 Å². The van der Waals surface area contributed by atoms with Gasteiger partial charge in [0.15, 0.2) is 5.13 Å². The summed E-state index contributed by atoms with van der Waals surface area (Å²) in [5.41, 5.74) is -0.279. The number of aromatic nitrogens is 1. The maximum atomic E-state index is 14.3. The molecule has 2 amide bonds. The molecular formula is C31H35F2N3O4S. The van der Waals surface area contributed by atoms with Crippen molar-refractivity contribution < 1.29 is 28.6 Å². The van der Waals surface area contributed by atoms with Crippen molar-refractivity contribution in [1.29, 1.82) is 0 Å². The summed E-state index contributed by atoms with van der Waals surface area (Å²) in [6.45, 7) is 4.21. The number of hydrogen-bond acceptors (Lipinski definition) is 6. The highest BCUT2D eigenvalue weighted by Gasteiger charge is 2.59. The van der Waals surface area contributed by atoms with E-state index in [0.29, 0.717) is 31.5 Å². The molecular weight excluding hydrogens is 548 g/mol. The van der Waals surface area contributed by atoms with Crippen LogP contribution >= 0.6 is 11.3 Å². The van der Waals surface area contributed by atoms with Crippen molar-refractivity contribution >= 4 is 28.3 Å². The Morgan fingerprint density at radius 3 is 2.46 bits per heavy atom. The molecule has 41 heavy (non-hydrogen) atoms. The number of hydrogen-bond donors (Lipinski definition) is 3. The van der Waals surface area contributed by atoms with Gasteiger partial charge in [-0.2, -0.15) is 0 Å². The Kier molecular flexibility index (Phi) is 8.02. The molecule has 2 aliphatic rings. The van der Waals surface area contributed by atoms with Crippen LogP contribution in [0.15, 0.2) is 48.5 Å². The number of thiazole rings is 1. The van der Waals surface area contributed by atoms with Crippen LogP contribution < -0.4 is 5.32 Å². The van der Waals surface area contributed by atoms with Gasteiger partial charge in [-0.25, -0.2) is 13.8 Å². The third kappa shape index (κ3) is 5.29. The highest BCUT2D eigenvalue weighted by molar-refractivity contribution is 7.15. The minimum atomic E-state index is -0.972. The van der Waals surface area contributed by atoms with E-state index in [-0.39, 0.29) is 35.9 Å². The van der Waals surface area contributed by atoms with E-state index in [2.05, 4.69) is 12.2 Å². The average Bonchev–Trinajstić information content (AvgIpc) is 3.34. The van der Waals surface area contributed by atoms with Gasteiger partial charge in [0, 0.05) is 36.2 Å². The van der Waals surface area contributed by atoms with E-state index in [1.807, 2.05) is 37.3 Å². The molecule has 5 atom stereocenters. The van der Waals surface area contributed by atoms with Gasteiger partial charge in [-0.3, -0.25) is 14.9 Å². The van der Waals surface area contributed by atoms with E-state index in [0.717, 1.165) is 22.6 Å². The summed E-state index contributed by atoms with van der Waals surface area (Å²) in [7, 11) is 1.76. The first kappa shape index (κ1) is 29.3.